The standard InChI is InChI=1S/C21H45NO5Si/c1-4-25-28(26-5-2,27-6-3)19-14-12-10-8-7-9-11-13-16-20(21(23)24)17-15-18-22/h20H,4-19,22H2,1-3H3,(H,23,24). The molecule has 0 saturated carbocycles. The Hall–Kier alpha value is -0.473. The first kappa shape index (κ1) is 27.5. The number of hydrogen-bond donors (Lipinski definition) is 2. The molecule has 0 bridgehead atoms. The van der Waals surface area contributed by atoms with Crippen LogP contribution >= 0.6 is 0 Å². The summed E-state index contributed by atoms with van der Waals surface area (Å²) in [5.41, 5.74) is 5.48. The number of aliphatic carboxylic acids is 1. The van der Waals surface area contributed by atoms with Crippen LogP contribution in [0.15, 0.2) is 0 Å². The van der Waals surface area contributed by atoms with Gasteiger partial charge < -0.3 is 24.1 Å². The van der Waals surface area contributed by atoms with Gasteiger partial charge in [-0.2, -0.15) is 0 Å². The van der Waals surface area contributed by atoms with Crippen LogP contribution in [0.4, 0.5) is 0 Å². The molecule has 6 nitrogen and oxygen atoms in total. The van der Waals surface area contributed by atoms with Gasteiger partial charge in [-0.25, -0.2) is 0 Å². The maximum absolute atomic E-state index is 11.2. The van der Waals surface area contributed by atoms with Crippen LogP contribution < -0.4 is 5.73 Å². The second-order valence-corrected chi connectivity index (χ2v) is 10.0. The van der Waals surface area contributed by atoms with Crippen molar-refractivity contribution in [3.05, 3.63) is 0 Å². The van der Waals surface area contributed by atoms with Crippen molar-refractivity contribution in [1.82, 2.24) is 0 Å². The Morgan fingerprint density at radius 2 is 1.21 bits per heavy atom. The van der Waals surface area contributed by atoms with E-state index in [-0.39, 0.29) is 5.92 Å². The van der Waals surface area contributed by atoms with E-state index < -0.39 is 14.8 Å². The van der Waals surface area contributed by atoms with Gasteiger partial charge >= 0.3 is 14.8 Å². The van der Waals surface area contributed by atoms with Gasteiger partial charge in [0.05, 0.1) is 5.92 Å². The zero-order chi connectivity index (χ0) is 21.1. The van der Waals surface area contributed by atoms with E-state index in [4.69, 9.17) is 19.0 Å². The Morgan fingerprint density at radius 3 is 1.64 bits per heavy atom. The molecular weight excluding hydrogens is 374 g/mol. The van der Waals surface area contributed by atoms with Crippen molar-refractivity contribution in [2.24, 2.45) is 11.7 Å². The number of rotatable bonds is 21. The second kappa shape index (κ2) is 18.5. The molecule has 1 atom stereocenters. The van der Waals surface area contributed by atoms with Crippen LogP contribution in [-0.4, -0.2) is 46.2 Å². The van der Waals surface area contributed by atoms with E-state index in [1.165, 1.54) is 32.1 Å². The summed E-state index contributed by atoms with van der Waals surface area (Å²) in [6.45, 7) is 8.49. The van der Waals surface area contributed by atoms with Crippen molar-refractivity contribution >= 4 is 14.8 Å². The lowest BCUT2D eigenvalue weighted by Gasteiger charge is -2.28. The van der Waals surface area contributed by atoms with Crippen LogP contribution in [0, 0.1) is 5.92 Å². The smallest absolute Gasteiger partial charge is 0.481 e. The number of nitrogens with two attached hydrogens (primary N) is 1. The minimum Gasteiger partial charge on any atom is -0.481 e. The van der Waals surface area contributed by atoms with Gasteiger partial charge in [-0.1, -0.05) is 44.9 Å². The minimum absolute atomic E-state index is 0.214. The van der Waals surface area contributed by atoms with Crippen molar-refractivity contribution < 1.29 is 23.2 Å². The number of carboxylic acids is 1. The molecule has 0 spiro atoms. The van der Waals surface area contributed by atoms with Crippen LogP contribution in [0.25, 0.3) is 0 Å². The van der Waals surface area contributed by atoms with Gasteiger partial charge in [0.2, 0.25) is 0 Å². The molecule has 0 aromatic carbocycles. The molecule has 0 aliphatic carbocycles. The van der Waals surface area contributed by atoms with E-state index in [1.807, 2.05) is 20.8 Å². The topological polar surface area (TPSA) is 91.0 Å². The van der Waals surface area contributed by atoms with Crippen molar-refractivity contribution in [2.75, 3.05) is 26.4 Å². The SMILES string of the molecule is CCO[Si](CCCCCCCCCCC(CCCN)C(=O)O)(OCC)OCC. The van der Waals surface area contributed by atoms with E-state index in [0.717, 1.165) is 38.1 Å². The van der Waals surface area contributed by atoms with E-state index in [9.17, 15) is 9.90 Å². The summed E-state index contributed by atoms with van der Waals surface area (Å²) in [7, 11) is -2.47. The highest BCUT2D eigenvalue weighted by atomic mass is 28.4. The van der Waals surface area contributed by atoms with E-state index in [2.05, 4.69) is 0 Å². The first-order chi connectivity index (χ1) is 13.5. The lowest BCUT2D eigenvalue weighted by Crippen LogP contribution is -2.45. The second-order valence-electron chi connectivity index (χ2n) is 7.32. The molecule has 0 aromatic rings. The molecule has 0 fully saturated rings. The van der Waals surface area contributed by atoms with Gasteiger partial charge in [-0.3, -0.25) is 4.79 Å². The summed E-state index contributed by atoms with van der Waals surface area (Å²) < 4.78 is 17.7. The van der Waals surface area contributed by atoms with Gasteiger partial charge in [0.25, 0.3) is 0 Å². The highest BCUT2D eigenvalue weighted by molar-refractivity contribution is 6.60. The third kappa shape index (κ3) is 13.7. The lowest BCUT2D eigenvalue weighted by molar-refractivity contribution is -0.142. The molecule has 0 radical (unpaired) electrons. The number of carboxylic acid groups (broad SMARTS) is 1. The first-order valence-corrected chi connectivity index (χ1v) is 13.3. The third-order valence-corrected chi connectivity index (χ3v) is 8.14. The summed E-state index contributed by atoms with van der Waals surface area (Å²) in [4.78, 5) is 11.2. The summed E-state index contributed by atoms with van der Waals surface area (Å²) in [5, 5.41) is 9.22. The van der Waals surface area contributed by atoms with Gasteiger partial charge in [-0.05, 0) is 53.0 Å². The fraction of sp³-hybridized carbons (Fsp3) is 0.952. The fourth-order valence-electron chi connectivity index (χ4n) is 3.55. The molecule has 1 unspecified atom stereocenters. The molecular formula is C21H45NO5Si. The fourth-order valence-corrected chi connectivity index (χ4v) is 6.24. The summed E-state index contributed by atoms with van der Waals surface area (Å²) >= 11 is 0. The Labute approximate surface area is 173 Å². The minimum atomic E-state index is -2.47. The van der Waals surface area contributed by atoms with E-state index >= 15 is 0 Å². The lowest BCUT2D eigenvalue weighted by atomic mass is 9.96. The number of unbranched alkanes of at least 4 members (excludes halogenated alkanes) is 7. The van der Waals surface area contributed by atoms with Crippen molar-refractivity contribution in [3.63, 3.8) is 0 Å². The van der Waals surface area contributed by atoms with Crippen molar-refractivity contribution in [1.29, 1.82) is 0 Å². The zero-order valence-electron chi connectivity index (χ0n) is 18.5. The average Bonchev–Trinajstić information content (AvgIpc) is 2.66. The molecule has 0 aromatic heterocycles. The predicted molar refractivity (Wildman–Crippen MR) is 116 cm³/mol. The first-order valence-electron chi connectivity index (χ1n) is 11.4. The summed E-state index contributed by atoms with van der Waals surface area (Å²) in [6.07, 6.45) is 11.6. The Bertz CT molecular complexity index is 354. The number of hydrogen-bond acceptors (Lipinski definition) is 5. The highest BCUT2D eigenvalue weighted by Crippen LogP contribution is 2.21. The largest absolute Gasteiger partial charge is 0.500 e. The molecule has 0 aliphatic rings. The monoisotopic (exact) mass is 419 g/mol. The normalized spacial score (nSPS) is 13.0. The summed E-state index contributed by atoms with van der Waals surface area (Å²) in [6, 6.07) is 0.905. The predicted octanol–water partition coefficient (Wildman–Crippen LogP) is 4.99. The maximum Gasteiger partial charge on any atom is 0.500 e. The van der Waals surface area contributed by atoms with Crippen LogP contribution in [-0.2, 0) is 18.1 Å². The third-order valence-electron chi connectivity index (χ3n) is 4.98. The molecule has 3 N–H and O–H groups in total. The molecule has 0 saturated heterocycles. The molecule has 0 heterocycles. The van der Waals surface area contributed by atoms with E-state index in [1.54, 1.807) is 0 Å². The van der Waals surface area contributed by atoms with Crippen LogP contribution in [0.1, 0.15) is 91.4 Å². The average molecular weight is 420 g/mol. The molecule has 7 heteroatoms. The number of carbonyl (C=O) groups is 1. The van der Waals surface area contributed by atoms with Crippen LogP contribution in [0.3, 0.4) is 0 Å². The van der Waals surface area contributed by atoms with E-state index in [0.29, 0.717) is 32.8 Å². The molecule has 0 rings (SSSR count). The Kier molecular flexibility index (Phi) is 18.2. The van der Waals surface area contributed by atoms with Crippen molar-refractivity contribution in [3.8, 4) is 0 Å². The quantitative estimate of drug-likeness (QED) is 0.201. The molecule has 0 aliphatic heterocycles. The maximum atomic E-state index is 11.2. The highest BCUT2D eigenvalue weighted by Gasteiger charge is 2.39. The molecule has 28 heavy (non-hydrogen) atoms. The van der Waals surface area contributed by atoms with Gasteiger partial charge in [0, 0.05) is 25.9 Å². The Balaban J connectivity index is 3.78. The van der Waals surface area contributed by atoms with Crippen molar-refractivity contribution in [2.45, 2.75) is 97.4 Å². The van der Waals surface area contributed by atoms with Gasteiger partial charge in [0.15, 0.2) is 0 Å². The molecule has 0 amide bonds. The molecule has 168 valence electrons. The summed E-state index contributed by atoms with van der Waals surface area (Å²) in [5.74, 6) is -0.881. The Morgan fingerprint density at radius 1 is 0.786 bits per heavy atom. The van der Waals surface area contributed by atoms with Crippen LogP contribution in [0.5, 0.6) is 0 Å². The van der Waals surface area contributed by atoms with Gasteiger partial charge in [-0.15, -0.1) is 0 Å². The van der Waals surface area contributed by atoms with Gasteiger partial charge in [0.1, 0.15) is 0 Å². The van der Waals surface area contributed by atoms with Crippen LogP contribution in [0.2, 0.25) is 6.04 Å². The zero-order valence-corrected chi connectivity index (χ0v) is 19.5.